The molecule has 2 saturated carbocycles. The zero-order valence-corrected chi connectivity index (χ0v) is 18.5. The lowest BCUT2D eigenvalue weighted by molar-refractivity contribution is -0.123. The molecule has 0 spiro atoms. The molecule has 7 nitrogen and oxygen atoms in total. The van der Waals surface area contributed by atoms with E-state index in [2.05, 4.69) is 30.9 Å². The summed E-state index contributed by atoms with van der Waals surface area (Å²) in [5.41, 5.74) is 0.832. The number of halogens is 2. The number of phenols is 1. The number of benzene rings is 1. The maximum absolute atomic E-state index is 9.80. The fourth-order valence-electron chi connectivity index (χ4n) is 4.44. The van der Waals surface area contributed by atoms with E-state index >= 15 is 0 Å². The number of phenolic OH excluding ortho intramolecular Hbond substituents is 1. The van der Waals surface area contributed by atoms with Crippen molar-refractivity contribution in [2.45, 2.75) is 44.3 Å². The van der Waals surface area contributed by atoms with Crippen molar-refractivity contribution in [1.29, 1.82) is 0 Å². The van der Waals surface area contributed by atoms with E-state index in [-0.39, 0.29) is 18.7 Å². The molecule has 0 saturated heterocycles. The van der Waals surface area contributed by atoms with Crippen molar-refractivity contribution in [1.82, 2.24) is 9.80 Å². The van der Waals surface area contributed by atoms with Crippen LogP contribution in [-0.4, -0.2) is 71.3 Å². The predicted octanol–water partition coefficient (Wildman–Crippen LogP) is 3.65. The first-order valence-corrected chi connectivity index (χ1v) is 10.1. The molecule has 0 radical (unpaired) electrons. The van der Waals surface area contributed by atoms with E-state index < -0.39 is 0 Å². The van der Waals surface area contributed by atoms with E-state index in [0.717, 1.165) is 23.4 Å². The SMILES string of the molecule is CN(C)C1C[C@@H]2CC(N(C)Cc3c(Cl)ccc(O)c3Cl)C[C@@H]2C1.O=CO.O=CO. The summed E-state index contributed by atoms with van der Waals surface area (Å²) in [5, 5.41) is 24.6. The fourth-order valence-corrected chi connectivity index (χ4v) is 4.93. The minimum atomic E-state index is -0.250. The van der Waals surface area contributed by atoms with Gasteiger partial charge < -0.3 is 20.2 Å². The first-order valence-electron chi connectivity index (χ1n) is 9.38. The molecule has 0 aromatic heterocycles. The summed E-state index contributed by atoms with van der Waals surface area (Å²) in [7, 11) is 6.54. The molecule has 0 bridgehead atoms. The van der Waals surface area contributed by atoms with E-state index in [4.69, 9.17) is 43.0 Å². The summed E-state index contributed by atoms with van der Waals surface area (Å²) in [6.45, 7) is 0.188. The van der Waals surface area contributed by atoms with Gasteiger partial charge in [0.05, 0.1) is 5.02 Å². The summed E-state index contributed by atoms with van der Waals surface area (Å²) in [5.74, 6) is 1.81. The van der Waals surface area contributed by atoms with Crippen LogP contribution in [0.3, 0.4) is 0 Å². The largest absolute Gasteiger partial charge is 0.506 e. The zero-order chi connectivity index (χ0) is 22.1. The summed E-state index contributed by atoms with van der Waals surface area (Å²) < 4.78 is 0. The maximum atomic E-state index is 9.80. The van der Waals surface area contributed by atoms with E-state index in [0.29, 0.717) is 22.6 Å². The van der Waals surface area contributed by atoms with Crippen LogP contribution in [0.1, 0.15) is 31.2 Å². The van der Waals surface area contributed by atoms with Gasteiger partial charge in [0.2, 0.25) is 0 Å². The summed E-state index contributed by atoms with van der Waals surface area (Å²) in [6, 6.07) is 4.61. The lowest BCUT2D eigenvalue weighted by Crippen LogP contribution is -2.31. The molecular formula is C20H30Cl2N2O5. The van der Waals surface area contributed by atoms with Crippen LogP contribution in [0.15, 0.2) is 12.1 Å². The van der Waals surface area contributed by atoms with Crippen LogP contribution in [0.25, 0.3) is 0 Å². The fraction of sp³-hybridized carbons (Fsp3) is 0.600. The monoisotopic (exact) mass is 448 g/mol. The quantitative estimate of drug-likeness (QED) is 0.604. The normalized spacial score (nSPS) is 24.9. The molecule has 2 fully saturated rings. The summed E-state index contributed by atoms with van der Waals surface area (Å²) in [4.78, 5) is 21.5. The van der Waals surface area contributed by atoms with Crippen molar-refractivity contribution in [2.75, 3.05) is 21.1 Å². The number of hydrogen-bond acceptors (Lipinski definition) is 5. The molecule has 0 heterocycles. The van der Waals surface area contributed by atoms with E-state index in [1.807, 2.05) is 0 Å². The second kappa shape index (κ2) is 12.2. The summed E-state index contributed by atoms with van der Waals surface area (Å²) in [6.07, 6.45) is 5.18. The van der Waals surface area contributed by atoms with Gasteiger partial charge in [-0.1, -0.05) is 23.2 Å². The highest BCUT2D eigenvalue weighted by Crippen LogP contribution is 2.47. The second-order valence-electron chi connectivity index (χ2n) is 7.72. The Labute approximate surface area is 181 Å². The molecule has 9 heteroatoms. The first kappa shape index (κ1) is 25.5. The third-order valence-electron chi connectivity index (χ3n) is 5.89. The summed E-state index contributed by atoms with van der Waals surface area (Å²) >= 11 is 12.5. The van der Waals surface area contributed by atoms with E-state index in [9.17, 15) is 5.11 Å². The van der Waals surface area contributed by atoms with Gasteiger partial charge in [-0.25, -0.2) is 0 Å². The van der Waals surface area contributed by atoms with Gasteiger partial charge in [0.25, 0.3) is 12.9 Å². The molecule has 2 aliphatic rings. The first-order chi connectivity index (χ1) is 13.7. The Morgan fingerprint density at radius 3 is 1.86 bits per heavy atom. The number of carboxylic acid groups (broad SMARTS) is 2. The molecule has 2 unspecified atom stereocenters. The van der Waals surface area contributed by atoms with Crippen LogP contribution >= 0.6 is 23.2 Å². The van der Waals surface area contributed by atoms with Crippen LogP contribution in [0.4, 0.5) is 0 Å². The Bertz CT molecular complexity index is 655. The van der Waals surface area contributed by atoms with Crippen molar-refractivity contribution in [3.05, 3.63) is 27.7 Å². The molecule has 0 amide bonds. The standard InChI is InChI=1S/C18H26Cl2N2O.2CH2O2/c1-21(2)13-6-11-8-14(9-12(11)7-13)22(3)10-15-16(19)4-5-17(23)18(15)20;2*2-1-3/h4-5,11-14,23H,6-10H2,1-3H3;2*1H,(H,2,3)/t11-,12+,13?,14?;;. The van der Waals surface area contributed by atoms with Crippen molar-refractivity contribution in [3.8, 4) is 5.75 Å². The number of fused-ring (bicyclic) bond motifs is 1. The number of carbonyl (C=O) groups is 2. The minimum absolute atomic E-state index is 0.108. The topological polar surface area (TPSA) is 101 Å². The van der Waals surface area contributed by atoms with E-state index in [1.165, 1.54) is 25.7 Å². The number of hydrogen-bond donors (Lipinski definition) is 3. The smallest absolute Gasteiger partial charge is 0.290 e. The number of rotatable bonds is 4. The second-order valence-corrected chi connectivity index (χ2v) is 8.50. The van der Waals surface area contributed by atoms with Crippen molar-refractivity contribution in [3.63, 3.8) is 0 Å². The highest BCUT2D eigenvalue weighted by Gasteiger charge is 2.43. The van der Waals surface area contributed by atoms with Crippen LogP contribution in [0, 0.1) is 11.8 Å². The van der Waals surface area contributed by atoms with Crippen LogP contribution in [0.5, 0.6) is 5.75 Å². The average Bonchev–Trinajstić information content (AvgIpc) is 3.22. The molecule has 3 rings (SSSR count). The van der Waals surface area contributed by atoms with Gasteiger partial charge in [0, 0.05) is 29.2 Å². The van der Waals surface area contributed by atoms with Crippen molar-refractivity contribution < 1.29 is 24.9 Å². The lowest BCUT2D eigenvalue weighted by atomic mass is 10.0. The van der Waals surface area contributed by atoms with Crippen molar-refractivity contribution in [2.24, 2.45) is 11.8 Å². The number of nitrogens with zero attached hydrogens (tertiary/aromatic N) is 2. The van der Waals surface area contributed by atoms with Crippen molar-refractivity contribution >= 4 is 36.1 Å². The van der Waals surface area contributed by atoms with Crippen LogP contribution in [0.2, 0.25) is 10.0 Å². The average molecular weight is 449 g/mol. The molecule has 164 valence electrons. The van der Waals surface area contributed by atoms with E-state index in [1.54, 1.807) is 12.1 Å². The molecule has 3 N–H and O–H groups in total. The molecule has 4 atom stereocenters. The molecular weight excluding hydrogens is 419 g/mol. The minimum Gasteiger partial charge on any atom is -0.506 e. The van der Waals surface area contributed by atoms with Crippen LogP contribution in [-0.2, 0) is 16.1 Å². The van der Waals surface area contributed by atoms with Gasteiger partial charge in [-0.15, -0.1) is 0 Å². The Hall–Kier alpha value is -1.54. The molecule has 0 aliphatic heterocycles. The third kappa shape index (κ3) is 7.03. The Morgan fingerprint density at radius 2 is 1.41 bits per heavy atom. The highest BCUT2D eigenvalue weighted by atomic mass is 35.5. The third-order valence-corrected chi connectivity index (χ3v) is 6.67. The molecule has 1 aromatic carbocycles. The Morgan fingerprint density at radius 1 is 0.966 bits per heavy atom. The van der Waals surface area contributed by atoms with Gasteiger partial charge in [-0.2, -0.15) is 0 Å². The Kier molecular flexibility index (Phi) is 10.7. The zero-order valence-electron chi connectivity index (χ0n) is 17.0. The van der Waals surface area contributed by atoms with Crippen LogP contribution < -0.4 is 0 Å². The lowest BCUT2D eigenvalue weighted by Gasteiger charge is -2.27. The Balaban J connectivity index is 0.000000626. The predicted molar refractivity (Wildman–Crippen MR) is 114 cm³/mol. The molecule has 1 aromatic rings. The van der Waals surface area contributed by atoms with Gasteiger partial charge in [-0.3, -0.25) is 14.5 Å². The number of aromatic hydroxyl groups is 1. The van der Waals surface area contributed by atoms with Gasteiger partial charge in [0.15, 0.2) is 0 Å². The van der Waals surface area contributed by atoms with Gasteiger partial charge in [-0.05, 0) is 70.8 Å². The molecule has 29 heavy (non-hydrogen) atoms. The van der Waals surface area contributed by atoms with Gasteiger partial charge in [0.1, 0.15) is 5.75 Å². The van der Waals surface area contributed by atoms with Gasteiger partial charge >= 0.3 is 0 Å². The maximum Gasteiger partial charge on any atom is 0.290 e. The highest BCUT2D eigenvalue weighted by molar-refractivity contribution is 6.36. The molecule has 2 aliphatic carbocycles.